The molecule has 0 aliphatic heterocycles. The molecule has 4 heteroatoms. The third kappa shape index (κ3) is 3.02. The molecule has 0 heterocycles. The second-order valence-corrected chi connectivity index (χ2v) is 2.74. The number of halogens is 1. The predicted octanol–water partition coefficient (Wildman–Crippen LogP) is 1.58. The number of phenolic OH excluding ortho intramolecular Hbond substituents is 1. The minimum Gasteiger partial charge on any atom is -0.507 e. The fourth-order valence-corrected chi connectivity index (χ4v) is 0.999. The highest BCUT2D eigenvalue weighted by Crippen LogP contribution is 2.19. The number of benzene rings is 1. The van der Waals surface area contributed by atoms with Crippen LogP contribution in [0.3, 0.4) is 0 Å². The van der Waals surface area contributed by atoms with Crippen LogP contribution in [0.2, 0.25) is 0 Å². The molecule has 1 rings (SSSR count). The first-order valence-corrected chi connectivity index (χ1v) is 3.92. The third-order valence-electron chi connectivity index (χ3n) is 1.12. The van der Waals surface area contributed by atoms with E-state index in [0.717, 1.165) is 11.6 Å². The van der Waals surface area contributed by atoms with Crippen LogP contribution in [0.15, 0.2) is 22.7 Å². The smallest absolute Gasteiger partial charge is 0.153 e. The van der Waals surface area contributed by atoms with Crippen molar-refractivity contribution < 1.29 is 15.0 Å². The van der Waals surface area contributed by atoms with E-state index in [2.05, 4.69) is 15.9 Å². The van der Waals surface area contributed by atoms with Crippen LogP contribution in [0.4, 0.5) is 0 Å². The molecule has 12 heavy (non-hydrogen) atoms. The standard InChI is InChI=1S/C7H5BrO2.CH4O/c8-6-1-2-7(10)5(3-6)4-9;1-2/h1-4,10H;2H,1H3. The molecule has 0 aliphatic rings. The molecule has 1 aromatic rings. The third-order valence-corrected chi connectivity index (χ3v) is 1.61. The van der Waals surface area contributed by atoms with E-state index in [1.807, 2.05) is 0 Å². The molecule has 0 saturated heterocycles. The molecule has 2 N–H and O–H groups in total. The second-order valence-electron chi connectivity index (χ2n) is 1.82. The fraction of sp³-hybridized carbons (Fsp3) is 0.125. The minimum absolute atomic E-state index is 0.0122. The summed E-state index contributed by atoms with van der Waals surface area (Å²) in [5.41, 5.74) is 0.300. The maximum Gasteiger partial charge on any atom is 0.153 e. The average Bonchev–Trinajstić information content (AvgIpc) is 2.13. The molecule has 0 spiro atoms. The van der Waals surface area contributed by atoms with E-state index in [1.54, 1.807) is 12.1 Å². The number of rotatable bonds is 1. The summed E-state index contributed by atoms with van der Waals surface area (Å²) in [5.74, 6) is 0.0122. The molecular weight excluding hydrogens is 224 g/mol. The molecule has 0 aliphatic carbocycles. The first-order chi connectivity index (χ1) is 5.74. The van der Waals surface area contributed by atoms with E-state index >= 15 is 0 Å². The van der Waals surface area contributed by atoms with Crippen molar-refractivity contribution in [3.8, 4) is 5.75 Å². The highest BCUT2D eigenvalue weighted by atomic mass is 79.9. The summed E-state index contributed by atoms with van der Waals surface area (Å²) in [7, 11) is 1.00. The van der Waals surface area contributed by atoms with Gasteiger partial charge >= 0.3 is 0 Å². The van der Waals surface area contributed by atoms with Gasteiger partial charge in [0.15, 0.2) is 6.29 Å². The van der Waals surface area contributed by atoms with Gasteiger partial charge in [0.05, 0.1) is 5.56 Å². The van der Waals surface area contributed by atoms with E-state index in [-0.39, 0.29) is 5.75 Å². The summed E-state index contributed by atoms with van der Waals surface area (Å²) in [5, 5.41) is 16.0. The summed E-state index contributed by atoms with van der Waals surface area (Å²) < 4.78 is 0.785. The van der Waals surface area contributed by atoms with Crippen molar-refractivity contribution in [1.82, 2.24) is 0 Å². The molecule has 0 amide bonds. The number of phenols is 1. The predicted molar refractivity (Wildman–Crippen MR) is 49.3 cm³/mol. The van der Waals surface area contributed by atoms with Crippen LogP contribution >= 0.6 is 15.9 Å². The molecule has 0 fully saturated rings. The van der Waals surface area contributed by atoms with Crippen LogP contribution in [-0.4, -0.2) is 23.6 Å². The van der Waals surface area contributed by atoms with Gasteiger partial charge in [-0.1, -0.05) is 15.9 Å². The van der Waals surface area contributed by atoms with Crippen molar-refractivity contribution in [1.29, 1.82) is 0 Å². The maximum atomic E-state index is 10.2. The highest BCUT2D eigenvalue weighted by Gasteiger charge is 1.97. The number of hydrogen-bond acceptors (Lipinski definition) is 3. The summed E-state index contributed by atoms with van der Waals surface area (Å²) >= 11 is 3.17. The molecule has 0 saturated carbocycles. The van der Waals surface area contributed by atoms with Crippen LogP contribution in [0.25, 0.3) is 0 Å². The van der Waals surface area contributed by atoms with Gasteiger partial charge in [-0.25, -0.2) is 0 Å². The van der Waals surface area contributed by atoms with Crippen LogP contribution < -0.4 is 0 Å². The number of carbonyl (C=O) groups is 1. The van der Waals surface area contributed by atoms with Gasteiger partial charge in [-0.05, 0) is 18.2 Å². The zero-order valence-corrected chi connectivity index (χ0v) is 8.08. The molecule has 66 valence electrons. The molecule has 1 aromatic carbocycles. The summed E-state index contributed by atoms with van der Waals surface area (Å²) in [6.45, 7) is 0. The van der Waals surface area contributed by atoms with Crippen molar-refractivity contribution in [2.45, 2.75) is 0 Å². The Morgan fingerprint density at radius 2 is 2.00 bits per heavy atom. The minimum atomic E-state index is 0.0122. The molecule has 0 atom stereocenters. The fourth-order valence-electron chi connectivity index (χ4n) is 0.620. The van der Waals surface area contributed by atoms with E-state index < -0.39 is 0 Å². The SMILES string of the molecule is CO.O=Cc1cc(Br)ccc1O. The van der Waals surface area contributed by atoms with E-state index in [4.69, 9.17) is 10.2 Å². The van der Waals surface area contributed by atoms with Crippen LogP contribution in [-0.2, 0) is 0 Å². The molecular formula is C8H9BrO3. The molecule has 0 bridgehead atoms. The van der Waals surface area contributed by atoms with Crippen LogP contribution in [0, 0.1) is 0 Å². The van der Waals surface area contributed by atoms with Crippen molar-refractivity contribution in [2.75, 3.05) is 7.11 Å². The Morgan fingerprint density at radius 3 is 2.42 bits per heavy atom. The van der Waals surface area contributed by atoms with Crippen molar-refractivity contribution in [2.24, 2.45) is 0 Å². The van der Waals surface area contributed by atoms with Crippen molar-refractivity contribution >= 4 is 22.2 Å². The quantitative estimate of drug-likeness (QED) is 0.724. The number of aromatic hydroxyl groups is 1. The molecule has 3 nitrogen and oxygen atoms in total. The molecule has 0 aromatic heterocycles. The van der Waals surface area contributed by atoms with Crippen LogP contribution in [0.5, 0.6) is 5.75 Å². The van der Waals surface area contributed by atoms with Gasteiger partial charge in [0.2, 0.25) is 0 Å². The van der Waals surface area contributed by atoms with E-state index in [0.29, 0.717) is 11.8 Å². The first kappa shape index (κ1) is 11.1. The maximum absolute atomic E-state index is 10.2. The number of hydrogen-bond donors (Lipinski definition) is 2. The lowest BCUT2D eigenvalue weighted by molar-refractivity contribution is 0.112. The Hall–Kier alpha value is -0.870. The lowest BCUT2D eigenvalue weighted by Gasteiger charge is -1.95. The van der Waals surface area contributed by atoms with E-state index in [1.165, 1.54) is 6.07 Å². The van der Waals surface area contributed by atoms with Crippen molar-refractivity contribution in [3.63, 3.8) is 0 Å². The largest absolute Gasteiger partial charge is 0.507 e. The number of aldehydes is 1. The monoisotopic (exact) mass is 232 g/mol. The van der Waals surface area contributed by atoms with Gasteiger partial charge in [-0.3, -0.25) is 4.79 Å². The van der Waals surface area contributed by atoms with Gasteiger partial charge in [0.1, 0.15) is 5.75 Å². The normalized spacial score (nSPS) is 8.25. The lowest BCUT2D eigenvalue weighted by atomic mass is 10.2. The Kier molecular flexibility index (Phi) is 5.32. The zero-order valence-electron chi connectivity index (χ0n) is 6.49. The summed E-state index contributed by atoms with van der Waals surface area (Å²) in [4.78, 5) is 10.2. The lowest BCUT2D eigenvalue weighted by Crippen LogP contribution is -1.79. The highest BCUT2D eigenvalue weighted by molar-refractivity contribution is 9.10. The Morgan fingerprint density at radius 1 is 1.42 bits per heavy atom. The Bertz CT molecular complexity index is 260. The Balaban J connectivity index is 0.000000561. The van der Waals surface area contributed by atoms with Crippen molar-refractivity contribution in [3.05, 3.63) is 28.2 Å². The molecule has 0 unspecified atom stereocenters. The average molecular weight is 233 g/mol. The van der Waals surface area contributed by atoms with Crippen LogP contribution in [0.1, 0.15) is 10.4 Å². The summed E-state index contributed by atoms with van der Waals surface area (Å²) in [6, 6.07) is 4.69. The second kappa shape index (κ2) is 5.74. The molecule has 0 radical (unpaired) electrons. The topological polar surface area (TPSA) is 57.5 Å². The van der Waals surface area contributed by atoms with Gasteiger partial charge in [-0.15, -0.1) is 0 Å². The van der Waals surface area contributed by atoms with Gasteiger partial charge in [0.25, 0.3) is 0 Å². The summed E-state index contributed by atoms with van der Waals surface area (Å²) in [6.07, 6.45) is 0.611. The zero-order chi connectivity index (χ0) is 9.56. The first-order valence-electron chi connectivity index (χ1n) is 3.12. The number of carbonyl (C=O) groups excluding carboxylic acids is 1. The number of aliphatic hydroxyl groups excluding tert-OH is 1. The Labute approximate surface area is 78.8 Å². The van der Waals surface area contributed by atoms with Gasteiger partial charge in [0, 0.05) is 11.6 Å². The van der Waals surface area contributed by atoms with Gasteiger partial charge in [-0.2, -0.15) is 0 Å². The van der Waals surface area contributed by atoms with E-state index in [9.17, 15) is 4.79 Å². The number of aliphatic hydroxyl groups is 1. The van der Waals surface area contributed by atoms with Gasteiger partial charge < -0.3 is 10.2 Å².